The van der Waals surface area contributed by atoms with Gasteiger partial charge in [-0.1, -0.05) is 6.07 Å². The van der Waals surface area contributed by atoms with Crippen LogP contribution in [-0.4, -0.2) is 29.0 Å². The Morgan fingerprint density at radius 3 is 2.91 bits per heavy atom. The van der Waals surface area contributed by atoms with Crippen LogP contribution in [0.5, 0.6) is 0 Å². The lowest BCUT2D eigenvalue weighted by atomic mass is 10.2. The van der Waals surface area contributed by atoms with Gasteiger partial charge in [0, 0.05) is 25.0 Å². The number of carbonyl (C=O) groups excluding carboxylic acids is 1. The number of benzene rings is 1. The van der Waals surface area contributed by atoms with Crippen LogP contribution in [0.3, 0.4) is 0 Å². The molecule has 0 bridgehead atoms. The van der Waals surface area contributed by atoms with E-state index in [-0.39, 0.29) is 11.4 Å². The third-order valence-electron chi connectivity index (χ3n) is 2.74. The smallest absolute Gasteiger partial charge is 0.254 e. The highest BCUT2D eigenvalue weighted by Crippen LogP contribution is 2.20. The summed E-state index contributed by atoms with van der Waals surface area (Å²) in [7, 11) is 0. The summed E-state index contributed by atoms with van der Waals surface area (Å²) in [6, 6.07) is 8.83. The first-order valence-electron chi connectivity index (χ1n) is 6.52. The molecule has 0 aliphatic heterocycles. The number of carbonyl (C=O) groups is 1. The Hall–Kier alpha value is -3.18. The molecule has 1 aromatic heterocycles. The molecule has 22 heavy (non-hydrogen) atoms. The molecule has 0 aliphatic carbocycles. The van der Waals surface area contributed by atoms with Crippen LogP contribution < -0.4 is 22.1 Å². The zero-order valence-electron chi connectivity index (χ0n) is 11.7. The largest absolute Gasteiger partial charge is 0.365 e. The molecule has 0 saturated heterocycles. The van der Waals surface area contributed by atoms with E-state index in [1.165, 1.54) is 6.20 Å². The minimum Gasteiger partial charge on any atom is -0.365 e. The Labute approximate surface area is 127 Å². The number of amides is 1. The Balaban J connectivity index is 2.33. The molecule has 0 unspecified atom stereocenters. The van der Waals surface area contributed by atoms with E-state index >= 15 is 0 Å². The molecule has 1 amide bonds. The van der Waals surface area contributed by atoms with Gasteiger partial charge < -0.3 is 22.1 Å². The lowest BCUT2D eigenvalue weighted by Crippen LogP contribution is -2.18. The summed E-state index contributed by atoms with van der Waals surface area (Å²) in [5.74, 6) is -0.0594. The van der Waals surface area contributed by atoms with E-state index in [0.29, 0.717) is 30.3 Å². The van der Waals surface area contributed by atoms with E-state index in [2.05, 4.69) is 20.6 Å². The predicted octanol–water partition coefficient (Wildman–Crippen LogP) is 0.561. The van der Waals surface area contributed by atoms with Gasteiger partial charge in [-0.2, -0.15) is 10.2 Å². The number of hydrogen-bond acceptors (Lipinski definition) is 7. The Bertz CT molecular complexity index is 723. The van der Waals surface area contributed by atoms with Gasteiger partial charge in [0.2, 0.25) is 5.95 Å². The third-order valence-corrected chi connectivity index (χ3v) is 2.74. The summed E-state index contributed by atoms with van der Waals surface area (Å²) in [5, 5.41) is 14.8. The number of rotatable bonds is 6. The predicted molar refractivity (Wildman–Crippen MR) is 82.5 cm³/mol. The molecule has 0 fully saturated rings. The van der Waals surface area contributed by atoms with Crippen LogP contribution in [0.25, 0.3) is 0 Å². The number of primary amides is 1. The molecule has 1 heterocycles. The standard InChI is InChI=1S/C14H15N7O/c15-4-5-18-14-19-8-11(12(17)22)13(21-14)20-10-3-1-2-9(6-10)7-16/h1-3,6,8H,4-5,15H2,(H2,17,22)(H2,18,19,20,21). The SMILES string of the molecule is N#Cc1cccc(Nc2nc(NCCN)ncc2C(N)=O)c1. The van der Waals surface area contributed by atoms with Gasteiger partial charge in [-0.3, -0.25) is 4.79 Å². The maximum Gasteiger partial charge on any atom is 0.254 e. The van der Waals surface area contributed by atoms with Gasteiger partial charge in [-0.25, -0.2) is 4.98 Å². The molecular formula is C14H15N7O. The van der Waals surface area contributed by atoms with Crippen LogP contribution >= 0.6 is 0 Å². The van der Waals surface area contributed by atoms with Crippen molar-refractivity contribution in [1.29, 1.82) is 5.26 Å². The summed E-state index contributed by atoms with van der Waals surface area (Å²) < 4.78 is 0. The Morgan fingerprint density at radius 1 is 1.41 bits per heavy atom. The first-order chi connectivity index (χ1) is 10.6. The molecule has 0 spiro atoms. The molecule has 8 nitrogen and oxygen atoms in total. The van der Waals surface area contributed by atoms with Gasteiger partial charge in [0.25, 0.3) is 5.91 Å². The number of anilines is 3. The van der Waals surface area contributed by atoms with E-state index < -0.39 is 5.91 Å². The van der Waals surface area contributed by atoms with Crippen molar-refractivity contribution in [2.24, 2.45) is 11.5 Å². The number of nitrogens with one attached hydrogen (secondary N) is 2. The molecule has 0 saturated carbocycles. The van der Waals surface area contributed by atoms with Gasteiger partial charge in [-0.05, 0) is 18.2 Å². The lowest BCUT2D eigenvalue weighted by molar-refractivity contribution is 0.100. The van der Waals surface area contributed by atoms with Crippen LogP contribution in [0.2, 0.25) is 0 Å². The van der Waals surface area contributed by atoms with E-state index in [1.807, 2.05) is 6.07 Å². The summed E-state index contributed by atoms with van der Waals surface area (Å²) in [6.45, 7) is 0.924. The summed E-state index contributed by atoms with van der Waals surface area (Å²) in [6.07, 6.45) is 1.34. The number of nitriles is 1. The Morgan fingerprint density at radius 2 is 2.23 bits per heavy atom. The number of aromatic nitrogens is 2. The average molecular weight is 297 g/mol. The van der Waals surface area contributed by atoms with E-state index in [4.69, 9.17) is 16.7 Å². The van der Waals surface area contributed by atoms with E-state index in [1.54, 1.807) is 24.3 Å². The van der Waals surface area contributed by atoms with Crippen LogP contribution in [0.1, 0.15) is 15.9 Å². The quantitative estimate of drug-likeness (QED) is 0.610. The molecule has 2 rings (SSSR count). The second-order valence-electron chi connectivity index (χ2n) is 4.35. The molecule has 8 heteroatoms. The van der Waals surface area contributed by atoms with Crippen LogP contribution in [0, 0.1) is 11.3 Å². The fraction of sp³-hybridized carbons (Fsp3) is 0.143. The van der Waals surface area contributed by atoms with Crippen molar-refractivity contribution in [2.75, 3.05) is 23.7 Å². The van der Waals surface area contributed by atoms with Gasteiger partial charge in [0.1, 0.15) is 11.4 Å². The highest BCUT2D eigenvalue weighted by atomic mass is 16.1. The molecule has 6 N–H and O–H groups in total. The van der Waals surface area contributed by atoms with Crippen LogP contribution in [0.15, 0.2) is 30.5 Å². The molecule has 2 aromatic rings. The van der Waals surface area contributed by atoms with E-state index in [9.17, 15) is 4.79 Å². The molecule has 0 aliphatic rings. The molecule has 0 radical (unpaired) electrons. The number of nitrogens with two attached hydrogens (primary N) is 2. The lowest BCUT2D eigenvalue weighted by Gasteiger charge is -2.11. The van der Waals surface area contributed by atoms with Gasteiger partial charge in [0.05, 0.1) is 11.6 Å². The first kappa shape index (κ1) is 15.2. The maximum absolute atomic E-state index is 11.5. The monoisotopic (exact) mass is 297 g/mol. The zero-order valence-corrected chi connectivity index (χ0v) is 11.7. The zero-order chi connectivity index (χ0) is 15.9. The van der Waals surface area contributed by atoms with Crippen molar-refractivity contribution in [2.45, 2.75) is 0 Å². The van der Waals surface area contributed by atoms with Crippen molar-refractivity contribution in [3.8, 4) is 6.07 Å². The van der Waals surface area contributed by atoms with Gasteiger partial charge in [0.15, 0.2) is 0 Å². The third kappa shape index (κ3) is 3.68. The summed E-state index contributed by atoms with van der Waals surface area (Å²) in [5.41, 5.74) is 12.0. The van der Waals surface area contributed by atoms with E-state index in [0.717, 1.165) is 0 Å². The topological polar surface area (TPSA) is 143 Å². The fourth-order valence-electron chi connectivity index (χ4n) is 1.73. The van der Waals surface area contributed by atoms with Crippen molar-refractivity contribution in [3.05, 3.63) is 41.6 Å². The van der Waals surface area contributed by atoms with Gasteiger partial charge >= 0.3 is 0 Å². The Kier molecular flexibility index (Phi) is 4.85. The minimum atomic E-state index is -0.649. The molecular weight excluding hydrogens is 282 g/mol. The number of hydrogen-bond donors (Lipinski definition) is 4. The molecule has 0 atom stereocenters. The van der Waals surface area contributed by atoms with Crippen molar-refractivity contribution >= 4 is 23.4 Å². The van der Waals surface area contributed by atoms with Crippen molar-refractivity contribution in [3.63, 3.8) is 0 Å². The second-order valence-corrected chi connectivity index (χ2v) is 4.35. The minimum absolute atomic E-state index is 0.153. The van der Waals surface area contributed by atoms with Crippen LogP contribution in [0.4, 0.5) is 17.5 Å². The normalized spacial score (nSPS) is 9.82. The summed E-state index contributed by atoms with van der Waals surface area (Å²) >= 11 is 0. The maximum atomic E-state index is 11.5. The van der Waals surface area contributed by atoms with Crippen molar-refractivity contribution < 1.29 is 4.79 Å². The van der Waals surface area contributed by atoms with Gasteiger partial charge in [-0.15, -0.1) is 0 Å². The van der Waals surface area contributed by atoms with Crippen molar-refractivity contribution in [1.82, 2.24) is 9.97 Å². The highest BCUT2D eigenvalue weighted by Gasteiger charge is 2.12. The highest BCUT2D eigenvalue weighted by molar-refractivity contribution is 5.98. The van der Waals surface area contributed by atoms with Crippen LogP contribution in [-0.2, 0) is 0 Å². The summed E-state index contributed by atoms with van der Waals surface area (Å²) in [4.78, 5) is 19.7. The second kappa shape index (κ2) is 7.01. The average Bonchev–Trinajstić information content (AvgIpc) is 2.53. The number of nitrogens with zero attached hydrogens (tertiary/aromatic N) is 3. The molecule has 112 valence electrons. The fourth-order valence-corrected chi connectivity index (χ4v) is 1.73. The first-order valence-corrected chi connectivity index (χ1v) is 6.52. The molecule has 1 aromatic carbocycles.